The third kappa shape index (κ3) is 3.36. The summed E-state index contributed by atoms with van der Waals surface area (Å²) in [5.41, 5.74) is 0.848. The molecule has 1 fully saturated rings. The maximum atomic E-state index is 12.7. The van der Waals surface area contributed by atoms with Crippen molar-refractivity contribution in [3.8, 4) is 5.75 Å². The summed E-state index contributed by atoms with van der Waals surface area (Å²) in [7, 11) is 1.63. The number of pyridine rings is 1. The molecule has 7 heteroatoms. The fourth-order valence-corrected chi connectivity index (χ4v) is 3.74. The summed E-state index contributed by atoms with van der Waals surface area (Å²) in [4.78, 5) is 26.5. The molecule has 1 aliphatic heterocycles. The molecular weight excluding hydrogens is 324 g/mol. The summed E-state index contributed by atoms with van der Waals surface area (Å²) in [6.45, 7) is 6.94. The van der Waals surface area contributed by atoms with Gasteiger partial charge in [0.25, 0.3) is 5.91 Å². The largest absolute Gasteiger partial charge is 0.495 e. The van der Waals surface area contributed by atoms with Crippen LogP contribution in [0, 0.1) is 6.92 Å². The van der Waals surface area contributed by atoms with Crippen LogP contribution in [0.1, 0.15) is 27.3 Å². The molecule has 1 saturated heterocycles. The van der Waals surface area contributed by atoms with Crippen LogP contribution in [0.2, 0.25) is 0 Å². The van der Waals surface area contributed by atoms with Gasteiger partial charge in [-0.2, -0.15) is 0 Å². The van der Waals surface area contributed by atoms with Gasteiger partial charge in [-0.05, 0) is 25.5 Å². The number of rotatable bonds is 4. The van der Waals surface area contributed by atoms with Crippen LogP contribution in [0.4, 0.5) is 5.82 Å². The Morgan fingerprint density at radius 1 is 1.29 bits per heavy atom. The Hall–Kier alpha value is -2.15. The predicted octanol–water partition coefficient (Wildman–Crippen LogP) is 2.38. The highest BCUT2D eigenvalue weighted by Gasteiger charge is 2.25. The maximum absolute atomic E-state index is 12.7. The van der Waals surface area contributed by atoms with Crippen molar-refractivity contribution in [2.45, 2.75) is 20.3 Å². The number of carbonyl (C=O) groups excluding carboxylic acids is 1. The molecule has 0 aliphatic carbocycles. The Morgan fingerprint density at radius 3 is 2.58 bits per heavy atom. The van der Waals surface area contributed by atoms with E-state index < -0.39 is 0 Å². The zero-order valence-electron chi connectivity index (χ0n) is 14.3. The van der Waals surface area contributed by atoms with Crippen LogP contribution in [0.5, 0.6) is 5.75 Å². The third-order valence-electron chi connectivity index (χ3n) is 4.18. The number of anilines is 1. The van der Waals surface area contributed by atoms with Crippen LogP contribution in [-0.4, -0.2) is 54.1 Å². The van der Waals surface area contributed by atoms with Gasteiger partial charge in [0.2, 0.25) is 0 Å². The van der Waals surface area contributed by atoms with Crippen LogP contribution in [0.3, 0.4) is 0 Å². The molecule has 0 N–H and O–H groups in total. The normalized spacial score (nSPS) is 14.8. The molecule has 128 valence electrons. The van der Waals surface area contributed by atoms with Crippen LogP contribution in [0.15, 0.2) is 18.3 Å². The number of hydrogen-bond acceptors (Lipinski definition) is 6. The lowest BCUT2D eigenvalue weighted by molar-refractivity contribution is 0.0750. The molecule has 2 aromatic heterocycles. The molecule has 0 radical (unpaired) electrons. The van der Waals surface area contributed by atoms with E-state index in [2.05, 4.69) is 21.8 Å². The fraction of sp³-hybridized carbons (Fsp3) is 0.471. The Kier molecular flexibility index (Phi) is 4.99. The summed E-state index contributed by atoms with van der Waals surface area (Å²) in [5.74, 6) is 1.78. The molecule has 3 rings (SSSR count). The second kappa shape index (κ2) is 7.17. The number of carbonyl (C=O) groups is 1. The molecule has 0 atom stereocenters. The lowest BCUT2D eigenvalue weighted by Gasteiger charge is -2.35. The van der Waals surface area contributed by atoms with Crippen molar-refractivity contribution in [2.75, 3.05) is 38.2 Å². The van der Waals surface area contributed by atoms with E-state index in [1.807, 2.05) is 24.0 Å². The summed E-state index contributed by atoms with van der Waals surface area (Å²) in [5, 5.41) is 1.02. The molecule has 24 heavy (non-hydrogen) atoms. The Bertz CT molecular complexity index is 706. The van der Waals surface area contributed by atoms with Gasteiger partial charge in [-0.3, -0.25) is 4.79 Å². The zero-order valence-corrected chi connectivity index (χ0v) is 15.1. The number of aryl methyl sites for hydroxylation is 2. The number of aromatic nitrogens is 2. The second-order valence-corrected chi connectivity index (χ2v) is 6.79. The standard InChI is InChI=1S/C17H22N4O2S/c1-4-15-19-12(2)16(24-15)17(22)21-9-7-20(8-10-21)14-6-5-13(23-3)11-18-14/h5-6,11H,4,7-10H2,1-3H3. The molecule has 2 aromatic rings. The molecule has 1 amide bonds. The van der Waals surface area contributed by atoms with Gasteiger partial charge in [0.05, 0.1) is 24.0 Å². The number of thiazole rings is 1. The van der Waals surface area contributed by atoms with E-state index >= 15 is 0 Å². The Morgan fingerprint density at radius 2 is 2.04 bits per heavy atom. The quantitative estimate of drug-likeness (QED) is 0.851. The van der Waals surface area contributed by atoms with E-state index in [0.717, 1.165) is 46.7 Å². The van der Waals surface area contributed by atoms with Gasteiger partial charge in [0.15, 0.2) is 0 Å². The van der Waals surface area contributed by atoms with Crippen molar-refractivity contribution >= 4 is 23.1 Å². The monoisotopic (exact) mass is 346 g/mol. The predicted molar refractivity (Wildman–Crippen MR) is 95.1 cm³/mol. The van der Waals surface area contributed by atoms with Crippen molar-refractivity contribution in [1.29, 1.82) is 0 Å². The smallest absolute Gasteiger partial charge is 0.265 e. The first kappa shape index (κ1) is 16.7. The van der Waals surface area contributed by atoms with Gasteiger partial charge in [0, 0.05) is 26.2 Å². The van der Waals surface area contributed by atoms with Crippen molar-refractivity contribution in [2.24, 2.45) is 0 Å². The average Bonchev–Trinajstić information content (AvgIpc) is 3.02. The van der Waals surface area contributed by atoms with Gasteiger partial charge in [-0.25, -0.2) is 9.97 Å². The molecule has 0 aromatic carbocycles. The number of methoxy groups -OCH3 is 1. The fourth-order valence-electron chi connectivity index (χ4n) is 2.76. The lowest BCUT2D eigenvalue weighted by Crippen LogP contribution is -2.49. The molecule has 0 bridgehead atoms. The minimum atomic E-state index is 0.104. The molecule has 3 heterocycles. The average molecular weight is 346 g/mol. The van der Waals surface area contributed by atoms with Gasteiger partial charge >= 0.3 is 0 Å². The van der Waals surface area contributed by atoms with Gasteiger partial charge in [-0.1, -0.05) is 6.92 Å². The highest BCUT2D eigenvalue weighted by atomic mass is 32.1. The summed E-state index contributed by atoms with van der Waals surface area (Å²) in [6, 6.07) is 3.87. The van der Waals surface area contributed by atoms with Crippen molar-refractivity contribution in [3.63, 3.8) is 0 Å². The number of hydrogen-bond donors (Lipinski definition) is 0. The molecular formula is C17H22N4O2S. The van der Waals surface area contributed by atoms with Crippen LogP contribution >= 0.6 is 11.3 Å². The van der Waals surface area contributed by atoms with Gasteiger partial charge < -0.3 is 14.5 Å². The number of ether oxygens (including phenoxy) is 1. The molecule has 0 unspecified atom stereocenters. The molecule has 0 saturated carbocycles. The number of nitrogens with zero attached hydrogens (tertiary/aromatic N) is 4. The SMILES string of the molecule is CCc1nc(C)c(C(=O)N2CCN(c3ccc(OC)cn3)CC2)s1. The molecule has 6 nitrogen and oxygen atoms in total. The van der Waals surface area contributed by atoms with Crippen molar-refractivity contribution in [1.82, 2.24) is 14.9 Å². The minimum absolute atomic E-state index is 0.104. The van der Waals surface area contributed by atoms with E-state index in [1.165, 1.54) is 11.3 Å². The zero-order chi connectivity index (χ0) is 17.1. The van der Waals surface area contributed by atoms with Gasteiger partial charge in [-0.15, -0.1) is 11.3 Å². The summed E-state index contributed by atoms with van der Waals surface area (Å²) >= 11 is 1.52. The van der Waals surface area contributed by atoms with E-state index in [0.29, 0.717) is 13.1 Å². The van der Waals surface area contributed by atoms with Crippen molar-refractivity contribution < 1.29 is 9.53 Å². The van der Waals surface area contributed by atoms with Crippen LogP contribution in [0.25, 0.3) is 0 Å². The minimum Gasteiger partial charge on any atom is -0.495 e. The number of amides is 1. The lowest BCUT2D eigenvalue weighted by atomic mass is 10.2. The van der Waals surface area contributed by atoms with Crippen molar-refractivity contribution in [3.05, 3.63) is 33.9 Å². The molecule has 0 spiro atoms. The first-order chi connectivity index (χ1) is 11.6. The first-order valence-corrected chi connectivity index (χ1v) is 8.94. The van der Waals surface area contributed by atoms with Crippen LogP contribution in [-0.2, 0) is 6.42 Å². The first-order valence-electron chi connectivity index (χ1n) is 8.13. The van der Waals surface area contributed by atoms with E-state index in [-0.39, 0.29) is 5.91 Å². The Balaban J connectivity index is 1.63. The Labute approximate surface area is 146 Å². The topological polar surface area (TPSA) is 58.6 Å². The van der Waals surface area contributed by atoms with Crippen LogP contribution < -0.4 is 9.64 Å². The third-order valence-corrected chi connectivity index (χ3v) is 5.47. The maximum Gasteiger partial charge on any atom is 0.265 e. The van der Waals surface area contributed by atoms with E-state index in [9.17, 15) is 4.79 Å². The summed E-state index contributed by atoms with van der Waals surface area (Å²) < 4.78 is 5.14. The summed E-state index contributed by atoms with van der Waals surface area (Å²) in [6.07, 6.45) is 2.59. The highest BCUT2D eigenvalue weighted by Crippen LogP contribution is 2.22. The number of piperazine rings is 1. The van der Waals surface area contributed by atoms with E-state index in [1.54, 1.807) is 13.3 Å². The molecule has 1 aliphatic rings. The second-order valence-electron chi connectivity index (χ2n) is 5.71. The van der Waals surface area contributed by atoms with Gasteiger partial charge in [0.1, 0.15) is 16.4 Å². The van der Waals surface area contributed by atoms with E-state index in [4.69, 9.17) is 4.74 Å². The highest BCUT2D eigenvalue weighted by molar-refractivity contribution is 7.13.